The number of amides is 1. The van der Waals surface area contributed by atoms with E-state index in [4.69, 9.17) is 5.11 Å². The fourth-order valence-electron chi connectivity index (χ4n) is 2.20. The van der Waals surface area contributed by atoms with E-state index < -0.39 is 17.8 Å². The second-order valence-electron chi connectivity index (χ2n) is 4.54. The number of carboxylic acids is 1. The molecule has 0 saturated carbocycles. The third-order valence-corrected chi connectivity index (χ3v) is 3.30. The Balaban J connectivity index is 2.05. The van der Waals surface area contributed by atoms with Gasteiger partial charge in [-0.3, -0.25) is 14.3 Å². The van der Waals surface area contributed by atoms with Crippen LogP contribution in [0.2, 0.25) is 0 Å². The van der Waals surface area contributed by atoms with E-state index in [-0.39, 0.29) is 5.91 Å². The molecule has 1 aliphatic carbocycles. The molecular formula is C13H17N3O3. The lowest BCUT2D eigenvalue weighted by atomic mass is 9.82. The molecule has 6 heteroatoms. The molecule has 0 bridgehead atoms. The predicted octanol–water partition coefficient (Wildman–Crippen LogP) is 1.51. The molecular weight excluding hydrogens is 246 g/mol. The SMILES string of the molecule is CCn1ccc(NC(=O)[C@@H]2CC=CC[C@@H]2C(=O)O)n1. The summed E-state index contributed by atoms with van der Waals surface area (Å²) in [6.45, 7) is 2.67. The van der Waals surface area contributed by atoms with Gasteiger partial charge in [-0.1, -0.05) is 12.2 Å². The summed E-state index contributed by atoms with van der Waals surface area (Å²) in [5.41, 5.74) is 0. The zero-order chi connectivity index (χ0) is 13.8. The molecule has 0 fully saturated rings. The van der Waals surface area contributed by atoms with E-state index in [1.165, 1.54) is 0 Å². The standard InChI is InChI=1S/C13H17N3O3/c1-2-16-8-7-11(15-16)14-12(17)9-5-3-4-6-10(9)13(18)19/h3-4,7-10H,2,5-6H2,1H3,(H,18,19)(H,14,15,17)/t9-,10+/m1/s1. The van der Waals surface area contributed by atoms with Crippen molar-refractivity contribution in [2.24, 2.45) is 11.8 Å². The van der Waals surface area contributed by atoms with Crippen molar-refractivity contribution in [1.82, 2.24) is 9.78 Å². The van der Waals surface area contributed by atoms with Crippen LogP contribution in [-0.4, -0.2) is 26.8 Å². The van der Waals surface area contributed by atoms with Gasteiger partial charge in [0.25, 0.3) is 0 Å². The maximum absolute atomic E-state index is 12.1. The van der Waals surface area contributed by atoms with Crippen molar-refractivity contribution in [1.29, 1.82) is 0 Å². The van der Waals surface area contributed by atoms with E-state index >= 15 is 0 Å². The van der Waals surface area contributed by atoms with Crippen molar-refractivity contribution in [3.05, 3.63) is 24.4 Å². The zero-order valence-electron chi connectivity index (χ0n) is 10.7. The molecule has 6 nitrogen and oxygen atoms in total. The number of carbonyl (C=O) groups is 2. The maximum atomic E-state index is 12.1. The van der Waals surface area contributed by atoms with Crippen molar-refractivity contribution in [3.63, 3.8) is 0 Å². The van der Waals surface area contributed by atoms with Gasteiger partial charge in [-0.25, -0.2) is 0 Å². The van der Waals surface area contributed by atoms with Crippen LogP contribution in [0.4, 0.5) is 5.82 Å². The Morgan fingerprint density at radius 1 is 1.42 bits per heavy atom. The lowest BCUT2D eigenvalue weighted by Gasteiger charge is -2.23. The number of carbonyl (C=O) groups excluding carboxylic acids is 1. The summed E-state index contributed by atoms with van der Waals surface area (Å²) in [6.07, 6.45) is 6.29. The van der Waals surface area contributed by atoms with Crippen molar-refractivity contribution in [3.8, 4) is 0 Å². The normalized spacial score (nSPS) is 22.2. The van der Waals surface area contributed by atoms with Crippen LogP contribution in [-0.2, 0) is 16.1 Å². The van der Waals surface area contributed by atoms with E-state index in [9.17, 15) is 9.59 Å². The number of aromatic nitrogens is 2. The Morgan fingerprint density at radius 2 is 2.11 bits per heavy atom. The highest BCUT2D eigenvalue weighted by molar-refractivity contribution is 5.94. The Labute approximate surface area is 111 Å². The summed E-state index contributed by atoms with van der Waals surface area (Å²) in [6, 6.07) is 1.70. The lowest BCUT2D eigenvalue weighted by Crippen LogP contribution is -2.34. The molecule has 1 heterocycles. The van der Waals surface area contributed by atoms with Crippen molar-refractivity contribution >= 4 is 17.7 Å². The molecule has 19 heavy (non-hydrogen) atoms. The molecule has 2 rings (SSSR count). The van der Waals surface area contributed by atoms with Crippen LogP contribution >= 0.6 is 0 Å². The van der Waals surface area contributed by atoms with Gasteiger partial charge in [0, 0.05) is 18.8 Å². The first-order chi connectivity index (χ1) is 9.11. The molecule has 102 valence electrons. The number of anilines is 1. The van der Waals surface area contributed by atoms with E-state index in [1.807, 2.05) is 19.1 Å². The third-order valence-electron chi connectivity index (χ3n) is 3.30. The number of nitrogens with zero attached hydrogens (tertiary/aromatic N) is 2. The van der Waals surface area contributed by atoms with E-state index in [2.05, 4.69) is 10.4 Å². The minimum atomic E-state index is -0.927. The average Bonchev–Trinajstić information content (AvgIpc) is 2.86. The minimum Gasteiger partial charge on any atom is -0.481 e. The van der Waals surface area contributed by atoms with Gasteiger partial charge < -0.3 is 10.4 Å². The van der Waals surface area contributed by atoms with Crippen LogP contribution in [0.15, 0.2) is 24.4 Å². The number of rotatable bonds is 4. The highest BCUT2D eigenvalue weighted by Crippen LogP contribution is 2.27. The Morgan fingerprint density at radius 3 is 2.68 bits per heavy atom. The first-order valence-corrected chi connectivity index (χ1v) is 6.34. The van der Waals surface area contributed by atoms with E-state index in [0.29, 0.717) is 18.7 Å². The lowest BCUT2D eigenvalue weighted by molar-refractivity contribution is -0.146. The average molecular weight is 263 g/mol. The van der Waals surface area contributed by atoms with Crippen molar-refractivity contribution < 1.29 is 14.7 Å². The van der Waals surface area contributed by atoms with Gasteiger partial charge in [-0.05, 0) is 19.8 Å². The topological polar surface area (TPSA) is 84.2 Å². The highest BCUT2D eigenvalue weighted by atomic mass is 16.4. The Kier molecular flexibility index (Phi) is 3.99. The molecule has 1 amide bonds. The second kappa shape index (κ2) is 5.69. The molecule has 0 saturated heterocycles. The highest BCUT2D eigenvalue weighted by Gasteiger charge is 2.34. The van der Waals surface area contributed by atoms with Gasteiger partial charge in [-0.15, -0.1) is 0 Å². The van der Waals surface area contributed by atoms with Crippen LogP contribution in [0.5, 0.6) is 0 Å². The number of aliphatic carboxylic acids is 1. The van der Waals surface area contributed by atoms with Crippen molar-refractivity contribution in [2.45, 2.75) is 26.3 Å². The molecule has 0 unspecified atom stereocenters. The van der Waals surface area contributed by atoms with Crippen LogP contribution in [0.1, 0.15) is 19.8 Å². The smallest absolute Gasteiger partial charge is 0.307 e. The molecule has 1 aromatic rings. The number of hydrogen-bond donors (Lipinski definition) is 2. The van der Waals surface area contributed by atoms with Gasteiger partial charge >= 0.3 is 5.97 Å². The summed E-state index contributed by atoms with van der Waals surface area (Å²) in [5, 5.41) is 16.0. The third kappa shape index (κ3) is 3.01. The van der Waals surface area contributed by atoms with Crippen LogP contribution < -0.4 is 5.32 Å². The number of aryl methyl sites for hydroxylation is 1. The minimum absolute atomic E-state index is 0.280. The van der Waals surface area contributed by atoms with E-state index in [1.54, 1.807) is 16.9 Å². The zero-order valence-corrected chi connectivity index (χ0v) is 10.7. The molecule has 0 radical (unpaired) electrons. The summed E-state index contributed by atoms with van der Waals surface area (Å²) in [5.74, 6) is -1.93. The van der Waals surface area contributed by atoms with Gasteiger partial charge in [0.2, 0.25) is 5.91 Å². The fraction of sp³-hybridized carbons (Fsp3) is 0.462. The monoisotopic (exact) mass is 263 g/mol. The second-order valence-corrected chi connectivity index (χ2v) is 4.54. The van der Waals surface area contributed by atoms with Crippen LogP contribution in [0.25, 0.3) is 0 Å². The number of nitrogens with one attached hydrogen (secondary N) is 1. The van der Waals surface area contributed by atoms with Crippen LogP contribution in [0.3, 0.4) is 0 Å². The van der Waals surface area contributed by atoms with Gasteiger partial charge in [0.1, 0.15) is 0 Å². The molecule has 2 N–H and O–H groups in total. The Bertz CT molecular complexity index is 507. The van der Waals surface area contributed by atoms with Crippen LogP contribution in [0, 0.1) is 11.8 Å². The molecule has 2 atom stereocenters. The first kappa shape index (κ1) is 13.3. The number of hydrogen-bond acceptors (Lipinski definition) is 3. The molecule has 1 aromatic heterocycles. The maximum Gasteiger partial charge on any atom is 0.307 e. The number of allylic oxidation sites excluding steroid dienone is 2. The number of carboxylic acid groups (broad SMARTS) is 1. The summed E-state index contributed by atoms with van der Waals surface area (Å²) in [7, 11) is 0. The predicted molar refractivity (Wildman–Crippen MR) is 69.5 cm³/mol. The van der Waals surface area contributed by atoms with Crippen molar-refractivity contribution in [2.75, 3.05) is 5.32 Å². The summed E-state index contributed by atoms with van der Waals surface area (Å²) in [4.78, 5) is 23.3. The largest absolute Gasteiger partial charge is 0.481 e. The molecule has 0 aliphatic heterocycles. The van der Waals surface area contributed by atoms with E-state index in [0.717, 1.165) is 6.54 Å². The van der Waals surface area contributed by atoms with Gasteiger partial charge in [0.05, 0.1) is 11.8 Å². The Hall–Kier alpha value is -2.11. The molecule has 1 aliphatic rings. The quantitative estimate of drug-likeness (QED) is 0.806. The fourth-order valence-corrected chi connectivity index (χ4v) is 2.20. The summed E-state index contributed by atoms with van der Waals surface area (Å²) < 4.78 is 1.70. The summed E-state index contributed by atoms with van der Waals surface area (Å²) >= 11 is 0. The van der Waals surface area contributed by atoms with Gasteiger partial charge in [0.15, 0.2) is 5.82 Å². The van der Waals surface area contributed by atoms with Gasteiger partial charge in [-0.2, -0.15) is 5.10 Å². The molecule has 0 aromatic carbocycles. The first-order valence-electron chi connectivity index (χ1n) is 6.34. The molecule has 0 spiro atoms.